The summed E-state index contributed by atoms with van der Waals surface area (Å²) >= 11 is 0. The van der Waals surface area contributed by atoms with Crippen LogP contribution in [-0.2, 0) is 0 Å². The SMILES string of the molecule is c1ccc(-n2cnc3cc(C4CCCN(CCNc5ccccn5)C4)ccc32)cc1. The number of pyridine rings is 1. The molecule has 0 aliphatic carbocycles. The zero-order valence-electron chi connectivity index (χ0n) is 17.1. The Morgan fingerprint density at radius 2 is 1.87 bits per heavy atom. The van der Waals surface area contributed by atoms with Crippen LogP contribution in [0.15, 0.2) is 79.3 Å². The molecule has 1 aliphatic heterocycles. The molecule has 1 fully saturated rings. The molecule has 4 aromatic rings. The Bertz CT molecular complexity index is 1090. The summed E-state index contributed by atoms with van der Waals surface area (Å²) in [6.45, 7) is 4.24. The number of rotatable bonds is 6. The fraction of sp³-hybridized carbons (Fsp3) is 0.280. The molecule has 0 bridgehead atoms. The van der Waals surface area contributed by atoms with Crippen molar-refractivity contribution in [1.82, 2.24) is 19.4 Å². The van der Waals surface area contributed by atoms with E-state index in [1.165, 1.54) is 24.9 Å². The fourth-order valence-electron chi connectivity index (χ4n) is 4.42. The maximum atomic E-state index is 4.69. The summed E-state index contributed by atoms with van der Waals surface area (Å²) in [4.78, 5) is 11.6. The number of para-hydroxylation sites is 1. The van der Waals surface area contributed by atoms with E-state index in [1.54, 1.807) is 0 Å². The summed E-state index contributed by atoms with van der Waals surface area (Å²) in [5, 5.41) is 3.42. The molecule has 1 saturated heterocycles. The lowest BCUT2D eigenvalue weighted by Crippen LogP contribution is -2.37. The maximum Gasteiger partial charge on any atom is 0.125 e. The van der Waals surface area contributed by atoms with Crippen LogP contribution in [0.5, 0.6) is 0 Å². The van der Waals surface area contributed by atoms with Crippen molar-refractivity contribution in [1.29, 1.82) is 0 Å². The van der Waals surface area contributed by atoms with Gasteiger partial charge in [-0.2, -0.15) is 0 Å². The van der Waals surface area contributed by atoms with Crippen LogP contribution in [0.25, 0.3) is 16.7 Å². The summed E-state index contributed by atoms with van der Waals surface area (Å²) in [5.74, 6) is 1.52. The molecule has 1 aliphatic rings. The molecule has 0 spiro atoms. The van der Waals surface area contributed by atoms with Crippen LogP contribution in [0.3, 0.4) is 0 Å². The molecule has 2 aromatic carbocycles. The van der Waals surface area contributed by atoms with Crippen molar-refractivity contribution in [3.8, 4) is 5.69 Å². The average molecular weight is 398 g/mol. The van der Waals surface area contributed by atoms with Gasteiger partial charge in [0.25, 0.3) is 0 Å². The first kappa shape index (κ1) is 18.8. The van der Waals surface area contributed by atoms with E-state index in [-0.39, 0.29) is 0 Å². The number of imidazole rings is 1. The van der Waals surface area contributed by atoms with E-state index in [9.17, 15) is 0 Å². The quantitative estimate of drug-likeness (QED) is 0.512. The van der Waals surface area contributed by atoms with Gasteiger partial charge in [-0.3, -0.25) is 4.57 Å². The summed E-state index contributed by atoms with van der Waals surface area (Å²) < 4.78 is 2.16. The van der Waals surface area contributed by atoms with Crippen LogP contribution < -0.4 is 5.32 Å². The number of nitrogens with one attached hydrogen (secondary N) is 1. The van der Waals surface area contributed by atoms with E-state index in [0.29, 0.717) is 5.92 Å². The summed E-state index contributed by atoms with van der Waals surface area (Å²) in [7, 11) is 0. The minimum atomic E-state index is 0.569. The first-order chi connectivity index (χ1) is 14.9. The van der Waals surface area contributed by atoms with E-state index >= 15 is 0 Å². The van der Waals surface area contributed by atoms with Gasteiger partial charge >= 0.3 is 0 Å². The van der Waals surface area contributed by atoms with Gasteiger partial charge < -0.3 is 10.2 Å². The number of benzene rings is 2. The second-order valence-electron chi connectivity index (χ2n) is 7.98. The van der Waals surface area contributed by atoms with Crippen molar-refractivity contribution in [2.75, 3.05) is 31.5 Å². The monoisotopic (exact) mass is 397 g/mol. The first-order valence-corrected chi connectivity index (χ1v) is 10.8. The standard InChI is InChI=1S/C25H27N5/c1-2-8-22(9-3-1)30-19-28-23-17-20(11-12-24(23)30)21-7-6-15-29(18-21)16-14-27-25-10-4-5-13-26-25/h1-5,8-13,17,19,21H,6-7,14-16,18H2,(H,26,27). The molecular formula is C25H27N5. The molecule has 30 heavy (non-hydrogen) atoms. The predicted molar refractivity (Wildman–Crippen MR) is 122 cm³/mol. The highest BCUT2D eigenvalue weighted by atomic mass is 15.2. The van der Waals surface area contributed by atoms with Gasteiger partial charge in [0.15, 0.2) is 0 Å². The smallest absolute Gasteiger partial charge is 0.125 e. The van der Waals surface area contributed by atoms with Gasteiger partial charge in [-0.1, -0.05) is 30.3 Å². The second-order valence-corrected chi connectivity index (χ2v) is 7.98. The van der Waals surface area contributed by atoms with Gasteiger partial charge in [-0.25, -0.2) is 9.97 Å². The number of anilines is 1. The highest BCUT2D eigenvalue weighted by Crippen LogP contribution is 2.29. The van der Waals surface area contributed by atoms with Gasteiger partial charge in [-0.15, -0.1) is 0 Å². The molecule has 5 rings (SSSR count). The zero-order chi connectivity index (χ0) is 20.2. The average Bonchev–Trinajstić information content (AvgIpc) is 3.24. The minimum absolute atomic E-state index is 0.569. The van der Waals surface area contributed by atoms with Crippen molar-refractivity contribution in [3.05, 3.63) is 84.8 Å². The first-order valence-electron chi connectivity index (χ1n) is 10.8. The third-order valence-corrected chi connectivity index (χ3v) is 5.98. The number of likely N-dealkylation sites (tertiary alicyclic amines) is 1. The Hall–Kier alpha value is -3.18. The van der Waals surface area contributed by atoms with Crippen LogP contribution >= 0.6 is 0 Å². The molecule has 0 saturated carbocycles. The van der Waals surface area contributed by atoms with Crippen LogP contribution in [0.2, 0.25) is 0 Å². The lowest BCUT2D eigenvalue weighted by Gasteiger charge is -2.33. The molecule has 5 heteroatoms. The van der Waals surface area contributed by atoms with Crippen LogP contribution in [0, 0.1) is 0 Å². The molecule has 1 atom stereocenters. The van der Waals surface area contributed by atoms with Crippen molar-refractivity contribution < 1.29 is 0 Å². The Morgan fingerprint density at radius 1 is 0.967 bits per heavy atom. The highest BCUT2D eigenvalue weighted by molar-refractivity contribution is 5.78. The number of aromatic nitrogens is 3. The van der Waals surface area contributed by atoms with Crippen molar-refractivity contribution in [3.63, 3.8) is 0 Å². The second kappa shape index (κ2) is 8.67. The van der Waals surface area contributed by atoms with Gasteiger partial charge in [-0.05, 0) is 67.3 Å². The van der Waals surface area contributed by atoms with E-state index in [2.05, 4.69) is 67.2 Å². The van der Waals surface area contributed by atoms with Gasteiger partial charge in [0.1, 0.15) is 12.1 Å². The summed E-state index contributed by atoms with van der Waals surface area (Å²) in [6.07, 6.45) is 6.24. The molecule has 152 valence electrons. The third-order valence-electron chi connectivity index (χ3n) is 5.98. The Labute approximate surface area is 177 Å². The Balaban J connectivity index is 1.26. The van der Waals surface area contributed by atoms with Crippen molar-refractivity contribution in [2.45, 2.75) is 18.8 Å². The topological polar surface area (TPSA) is 46.0 Å². The summed E-state index contributed by atoms with van der Waals surface area (Å²) in [5.41, 5.74) is 4.79. The van der Waals surface area contributed by atoms with Crippen molar-refractivity contribution in [2.24, 2.45) is 0 Å². The molecule has 2 aromatic heterocycles. The van der Waals surface area contributed by atoms with Crippen LogP contribution in [0.1, 0.15) is 24.3 Å². The zero-order valence-corrected chi connectivity index (χ0v) is 17.1. The number of hydrogen-bond acceptors (Lipinski definition) is 4. The van der Waals surface area contributed by atoms with Gasteiger partial charge in [0.05, 0.1) is 11.0 Å². The van der Waals surface area contributed by atoms with E-state index in [0.717, 1.165) is 42.2 Å². The molecule has 0 amide bonds. The highest BCUT2D eigenvalue weighted by Gasteiger charge is 2.21. The van der Waals surface area contributed by atoms with Gasteiger partial charge in [0, 0.05) is 31.5 Å². The number of piperidine rings is 1. The Morgan fingerprint density at radius 3 is 2.73 bits per heavy atom. The number of nitrogens with zero attached hydrogens (tertiary/aromatic N) is 4. The summed E-state index contributed by atoms with van der Waals surface area (Å²) in [6, 6.07) is 23.2. The van der Waals surface area contributed by atoms with Crippen LogP contribution in [0.4, 0.5) is 5.82 Å². The number of fused-ring (bicyclic) bond motifs is 1. The van der Waals surface area contributed by atoms with Crippen LogP contribution in [-0.4, -0.2) is 45.6 Å². The third kappa shape index (κ3) is 4.07. The van der Waals surface area contributed by atoms with E-state index < -0.39 is 0 Å². The fourth-order valence-corrected chi connectivity index (χ4v) is 4.42. The lowest BCUT2D eigenvalue weighted by atomic mass is 9.90. The van der Waals surface area contributed by atoms with Gasteiger partial charge in [0.2, 0.25) is 0 Å². The predicted octanol–water partition coefficient (Wildman–Crippen LogP) is 4.71. The molecule has 3 heterocycles. The van der Waals surface area contributed by atoms with E-state index in [1.807, 2.05) is 36.8 Å². The largest absolute Gasteiger partial charge is 0.369 e. The number of hydrogen-bond donors (Lipinski definition) is 1. The molecule has 0 radical (unpaired) electrons. The maximum absolute atomic E-state index is 4.69. The van der Waals surface area contributed by atoms with Crippen molar-refractivity contribution >= 4 is 16.9 Å². The molecular weight excluding hydrogens is 370 g/mol. The Kier molecular flexibility index (Phi) is 5.44. The molecule has 1 N–H and O–H groups in total. The lowest BCUT2D eigenvalue weighted by molar-refractivity contribution is 0.215. The minimum Gasteiger partial charge on any atom is -0.369 e. The molecule has 1 unspecified atom stereocenters. The molecule has 5 nitrogen and oxygen atoms in total. The normalized spacial score (nSPS) is 17.3. The van der Waals surface area contributed by atoms with E-state index in [4.69, 9.17) is 0 Å².